The van der Waals surface area contributed by atoms with E-state index in [-0.39, 0.29) is 15.9 Å². The predicted molar refractivity (Wildman–Crippen MR) is 77.9 cm³/mol. The van der Waals surface area contributed by atoms with Crippen molar-refractivity contribution in [3.05, 3.63) is 44.3 Å². The first-order valence-electron chi connectivity index (χ1n) is 5.32. The van der Waals surface area contributed by atoms with Crippen LogP contribution in [0.3, 0.4) is 0 Å². The van der Waals surface area contributed by atoms with E-state index in [1.165, 1.54) is 19.2 Å². The van der Waals surface area contributed by atoms with Gasteiger partial charge in [0.1, 0.15) is 15.7 Å². The number of ether oxygens (including phenoxy) is 1. The van der Waals surface area contributed by atoms with Crippen molar-refractivity contribution in [1.29, 1.82) is 0 Å². The van der Waals surface area contributed by atoms with Gasteiger partial charge in [0, 0.05) is 0 Å². The molecule has 0 aliphatic rings. The molecule has 0 unspecified atom stereocenters. The first kappa shape index (κ1) is 14.8. The van der Waals surface area contributed by atoms with Gasteiger partial charge in [0.2, 0.25) is 0 Å². The highest BCUT2D eigenvalue weighted by molar-refractivity contribution is 7.12. The number of methoxy groups -OCH3 is 1. The van der Waals surface area contributed by atoms with E-state index in [1.807, 2.05) is 0 Å². The second kappa shape index (κ2) is 6.21. The molecule has 0 saturated carbocycles. The summed E-state index contributed by atoms with van der Waals surface area (Å²) in [6.07, 6.45) is 0. The summed E-state index contributed by atoms with van der Waals surface area (Å²) >= 11 is 12.8. The van der Waals surface area contributed by atoms with E-state index in [2.05, 4.69) is 15.0 Å². The third-order valence-electron chi connectivity index (χ3n) is 2.31. The number of thiophene rings is 1. The number of anilines is 1. The first-order valence-corrected chi connectivity index (χ1v) is 6.95. The third-order valence-corrected chi connectivity index (χ3v) is 3.72. The third kappa shape index (κ3) is 3.09. The summed E-state index contributed by atoms with van der Waals surface area (Å²) in [4.78, 5) is 27.7. The molecule has 0 bridgehead atoms. The van der Waals surface area contributed by atoms with Crippen LogP contribution in [0.5, 0.6) is 0 Å². The van der Waals surface area contributed by atoms with E-state index in [0.29, 0.717) is 10.6 Å². The minimum Gasteiger partial charge on any atom is -0.465 e. The van der Waals surface area contributed by atoms with Crippen molar-refractivity contribution in [2.24, 2.45) is 0 Å². The monoisotopic (exact) mass is 330 g/mol. The van der Waals surface area contributed by atoms with Gasteiger partial charge in [-0.05, 0) is 23.6 Å². The Morgan fingerprint density at radius 3 is 2.75 bits per heavy atom. The average molecular weight is 331 g/mol. The summed E-state index contributed by atoms with van der Waals surface area (Å²) in [5.41, 5.74) is 0.325. The maximum Gasteiger partial charge on any atom is 0.350 e. The largest absolute Gasteiger partial charge is 0.465 e. The lowest BCUT2D eigenvalue weighted by molar-refractivity contribution is 0.0607. The fraction of sp³-hybridized carbons (Fsp3) is 0.0833. The van der Waals surface area contributed by atoms with Crippen molar-refractivity contribution in [2.75, 3.05) is 12.4 Å². The Morgan fingerprint density at radius 1 is 1.30 bits per heavy atom. The highest BCUT2D eigenvalue weighted by Crippen LogP contribution is 2.25. The number of carbonyl (C=O) groups is 2. The number of esters is 1. The maximum atomic E-state index is 12.1. The normalized spacial score (nSPS) is 10.2. The Balaban J connectivity index is 2.26. The summed E-state index contributed by atoms with van der Waals surface area (Å²) in [7, 11) is 1.27. The van der Waals surface area contributed by atoms with Crippen molar-refractivity contribution in [1.82, 2.24) is 4.98 Å². The van der Waals surface area contributed by atoms with E-state index in [4.69, 9.17) is 23.2 Å². The molecule has 0 saturated heterocycles. The number of halogens is 2. The Morgan fingerprint density at radius 2 is 2.05 bits per heavy atom. The molecule has 2 heterocycles. The van der Waals surface area contributed by atoms with Crippen molar-refractivity contribution in [3.63, 3.8) is 0 Å². The molecular formula is C12H8Cl2N2O3S. The van der Waals surface area contributed by atoms with Crippen LogP contribution in [0.15, 0.2) is 23.6 Å². The fourth-order valence-corrected chi connectivity index (χ4v) is 2.52. The Hall–Kier alpha value is -1.63. The van der Waals surface area contributed by atoms with Gasteiger partial charge in [0.25, 0.3) is 5.91 Å². The molecule has 0 fully saturated rings. The number of nitrogens with zero attached hydrogens (tertiary/aromatic N) is 1. The molecule has 8 heteroatoms. The molecule has 0 spiro atoms. The molecule has 0 radical (unpaired) electrons. The SMILES string of the molecule is COC(=O)c1sccc1NC(=O)c1nc(Cl)ccc1Cl. The van der Waals surface area contributed by atoms with Gasteiger partial charge < -0.3 is 10.1 Å². The number of aromatic nitrogens is 1. The molecule has 1 N–H and O–H groups in total. The zero-order chi connectivity index (χ0) is 14.7. The van der Waals surface area contributed by atoms with Crippen LogP contribution in [0.2, 0.25) is 10.2 Å². The molecule has 104 valence electrons. The van der Waals surface area contributed by atoms with Gasteiger partial charge in [-0.25, -0.2) is 9.78 Å². The molecule has 0 aliphatic carbocycles. The molecule has 2 aromatic rings. The highest BCUT2D eigenvalue weighted by atomic mass is 35.5. The van der Waals surface area contributed by atoms with E-state index >= 15 is 0 Å². The fourth-order valence-electron chi connectivity index (χ4n) is 1.42. The number of pyridine rings is 1. The van der Waals surface area contributed by atoms with Crippen molar-refractivity contribution < 1.29 is 14.3 Å². The van der Waals surface area contributed by atoms with Gasteiger partial charge in [-0.15, -0.1) is 11.3 Å². The number of hydrogen-bond acceptors (Lipinski definition) is 5. The predicted octanol–water partition coefficient (Wildman–Crippen LogP) is 3.49. The number of rotatable bonds is 3. The summed E-state index contributed by atoms with van der Waals surface area (Å²) in [6.45, 7) is 0. The lowest BCUT2D eigenvalue weighted by Gasteiger charge is -2.06. The Labute approximate surface area is 128 Å². The number of hydrogen-bond donors (Lipinski definition) is 1. The van der Waals surface area contributed by atoms with Gasteiger partial charge >= 0.3 is 5.97 Å². The van der Waals surface area contributed by atoms with Crippen molar-refractivity contribution >= 4 is 52.1 Å². The van der Waals surface area contributed by atoms with Crippen LogP contribution in [0, 0.1) is 0 Å². The molecule has 0 aliphatic heterocycles. The summed E-state index contributed by atoms with van der Waals surface area (Å²) in [5, 5.41) is 4.54. The van der Waals surface area contributed by atoms with Gasteiger partial charge in [0.15, 0.2) is 0 Å². The summed E-state index contributed by atoms with van der Waals surface area (Å²) < 4.78 is 4.62. The van der Waals surface area contributed by atoms with Crippen LogP contribution >= 0.6 is 34.5 Å². The zero-order valence-electron chi connectivity index (χ0n) is 10.1. The van der Waals surface area contributed by atoms with Crippen molar-refractivity contribution in [3.8, 4) is 0 Å². The smallest absolute Gasteiger partial charge is 0.350 e. The summed E-state index contributed by atoms with van der Waals surface area (Å²) in [5.74, 6) is -1.08. The molecule has 2 aromatic heterocycles. The molecule has 0 aromatic carbocycles. The van der Waals surface area contributed by atoms with Gasteiger partial charge in [-0.1, -0.05) is 23.2 Å². The van der Waals surface area contributed by atoms with Crippen molar-refractivity contribution in [2.45, 2.75) is 0 Å². The van der Waals surface area contributed by atoms with E-state index in [0.717, 1.165) is 11.3 Å². The van der Waals surface area contributed by atoms with Crippen LogP contribution in [0.25, 0.3) is 0 Å². The molecule has 1 amide bonds. The summed E-state index contributed by atoms with van der Waals surface area (Å²) in [6, 6.07) is 4.54. The highest BCUT2D eigenvalue weighted by Gasteiger charge is 2.18. The lowest BCUT2D eigenvalue weighted by Crippen LogP contribution is -2.16. The van der Waals surface area contributed by atoms with E-state index in [9.17, 15) is 9.59 Å². The Kier molecular flexibility index (Phi) is 4.59. The van der Waals surface area contributed by atoms with Crippen LogP contribution in [-0.2, 0) is 4.74 Å². The lowest BCUT2D eigenvalue weighted by atomic mass is 10.3. The van der Waals surface area contributed by atoms with E-state index in [1.54, 1.807) is 11.4 Å². The average Bonchev–Trinajstić information content (AvgIpc) is 2.88. The molecular weight excluding hydrogens is 323 g/mol. The molecule has 5 nitrogen and oxygen atoms in total. The van der Waals surface area contributed by atoms with E-state index < -0.39 is 11.9 Å². The van der Waals surface area contributed by atoms with Crippen LogP contribution < -0.4 is 5.32 Å². The second-order valence-electron chi connectivity index (χ2n) is 3.57. The second-order valence-corrected chi connectivity index (χ2v) is 5.28. The minimum absolute atomic E-state index is 0.0128. The first-order chi connectivity index (χ1) is 9.52. The quantitative estimate of drug-likeness (QED) is 0.690. The van der Waals surface area contributed by atoms with Gasteiger partial charge in [-0.2, -0.15) is 0 Å². The minimum atomic E-state index is -0.555. The topological polar surface area (TPSA) is 68.3 Å². The number of carbonyl (C=O) groups excluding carboxylic acids is 2. The van der Waals surface area contributed by atoms with Crippen LogP contribution in [0.1, 0.15) is 20.2 Å². The van der Waals surface area contributed by atoms with Gasteiger partial charge in [-0.3, -0.25) is 4.79 Å². The molecule has 0 atom stereocenters. The molecule has 20 heavy (non-hydrogen) atoms. The number of nitrogens with one attached hydrogen (secondary N) is 1. The zero-order valence-corrected chi connectivity index (χ0v) is 12.5. The standard InChI is InChI=1S/C12H8Cl2N2O3S/c1-19-12(18)10-7(4-5-20-10)15-11(17)9-6(13)2-3-8(14)16-9/h2-5H,1H3,(H,15,17). The maximum absolute atomic E-state index is 12.1. The number of amides is 1. The Bertz CT molecular complexity index is 672. The van der Waals surface area contributed by atoms with Crippen LogP contribution in [0.4, 0.5) is 5.69 Å². The molecule has 2 rings (SSSR count). The van der Waals surface area contributed by atoms with Crippen LogP contribution in [-0.4, -0.2) is 24.0 Å². The van der Waals surface area contributed by atoms with Gasteiger partial charge in [0.05, 0.1) is 17.8 Å².